The van der Waals surface area contributed by atoms with Crippen molar-refractivity contribution in [1.29, 1.82) is 0 Å². The van der Waals surface area contributed by atoms with Crippen molar-refractivity contribution in [2.24, 2.45) is 0 Å². The highest BCUT2D eigenvalue weighted by atomic mass is 35.5. The Morgan fingerprint density at radius 3 is 2.64 bits per heavy atom. The van der Waals surface area contributed by atoms with Gasteiger partial charge in [-0.3, -0.25) is 0 Å². The van der Waals surface area contributed by atoms with Crippen molar-refractivity contribution in [1.82, 2.24) is 4.90 Å². The minimum absolute atomic E-state index is 0.174. The van der Waals surface area contributed by atoms with Gasteiger partial charge in [-0.1, -0.05) is 29.8 Å². The zero-order valence-electron chi connectivity index (χ0n) is 12.5. The minimum Gasteiger partial charge on any atom is -0.504 e. The number of phenols is 1. The van der Waals surface area contributed by atoms with E-state index in [1.807, 2.05) is 24.3 Å². The van der Waals surface area contributed by atoms with E-state index in [2.05, 4.69) is 18.0 Å². The first-order valence-corrected chi connectivity index (χ1v) is 7.97. The Balaban J connectivity index is 1.99. The summed E-state index contributed by atoms with van der Waals surface area (Å²) in [5, 5.41) is 11.0. The molecule has 0 aliphatic carbocycles. The number of hydrogen-bond donors (Lipinski definition) is 1. The number of rotatable bonds is 0. The van der Waals surface area contributed by atoms with Gasteiger partial charge in [0.05, 0.1) is 0 Å². The van der Waals surface area contributed by atoms with E-state index in [0.717, 1.165) is 47.8 Å². The monoisotopic (exact) mass is 315 g/mol. The van der Waals surface area contributed by atoms with E-state index in [1.54, 1.807) is 6.07 Å². The third kappa shape index (κ3) is 1.86. The fraction of sp³-hybridized carbons (Fsp3) is 0.333. The third-order valence-electron chi connectivity index (χ3n) is 5.02. The number of likely N-dealkylation sites (tertiary alicyclic amines) is 1. The zero-order valence-corrected chi connectivity index (χ0v) is 13.2. The highest BCUT2D eigenvalue weighted by Crippen LogP contribution is 2.56. The number of fused-ring (bicyclic) bond motifs is 4. The van der Waals surface area contributed by atoms with E-state index in [1.165, 1.54) is 0 Å². The summed E-state index contributed by atoms with van der Waals surface area (Å²) in [6.45, 7) is 2.00. The van der Waals surface area contributed by atoms with Gasteiger partial charge >= 0.3 is 0 Å². The molecular weight excluding hydrogens is 298 g/mol. The molecule has 3 nitrogen and oxygen atoms in total. The van der Waals surface area contributed by atoms with E-state index >= 15 is 0 Å². The molecule has 1 N–H and O–H groups in total. The van der Waals surface area contributed by atoms with Gasteiger partial charge in [-0.05, 0) is 51.2 Å². The fourth-order valence-corrected chi connectivity index (χ4v) is 4.17. The van der Waals surface area contributed by atoms with Crippen LogP contribution in [0.2, 0.25) is 5.02 Å². The highest BCUT2D eigenvalue weighted by molar-refractivity contribution is 6.31. The number of aromatic hydroxyl groups is 1. The number of halogens is 1. The van der Waals surface area contributed by atoms with Gasteiger partial charge in [0.15, 0.2) is 11.5 Å². The molecule has 1 fully saturated rings. The molecule has 22 heavy (non-hydrogen) atoms. The van der Waals surface area contributed by atoms with Crippen LogP contribution < -0.4 is 4.74 Å². The number of ether oxygens (including phenoxy) is 1. The summed E-state index contributed by atoms with van der Waals surface area (Å²) in [6, 6.07) is 11.4. The predicted molar refractivity (Wildman–Crippen MR) is 87.1 cm³/mol. The standard InChI is InChI=1S/C18H18ClNO2/c1-20-10-8-18(9-11-20)12-4-2-6-14(21)17(12)22-15-7-3-5-13(19)16(15)18/h2-7,21H,8-11H2,1H3. The van der Waals surface area contributed by atoms with Crippen LogP contribution in [0.5, 0.6) is 17.2 Å². The van der Waals surface area contributed by atoms with Crippen LogP contribution in [-0.2, 0) is 5.41 Å². The Hall–Kier alpha value is -1.71. The van der Waals surface area contributed by atoms with Gasteiger partial charge in [0, 0.05) is 21.6 Å². The van der Waals surface area contributed by atoms with Gasteiger partial charge in [-0.2, -0.15) is 0 Å². The molecule has 1 saturated heterocycles. The van der Waals surface area contributed by atoms with Gasteiger partial charge in [0.2, 0.25) is 0 Å². The quantitative estimate of drug-likeness (QED) is 0.792. The molecule has 1 spiro atoms. The number of nitrogens with zero attached hydrogens (tertiary/aromatic N) is 1. The maximum absolute atomic E-state index is 10.2. The molecule has 0 aromatic heterocycles. The molecule has 2 aromatic carbocycles. The highest BCUT2D eigenvalue weighted by Gasteiger charge is 2.45. The van der Waals surface area contributed by atoms with Crippen molar-refractivity contribution in [2.45, 2.75) is 18.3 Å². The van der Waals surface area contributed by atoms with Gasteiger partial charge < -0.3 is 14.7 Å². The Kier molecular flexibility index (Phi) is 3.10. The maximum Gasteiger partial charge on any atom is 0.173 e. The molecule has 114 valence electrons. The normalized spacial score (nSPS) is 19.4. The topological polar surface area (TPSA) is 32.7 Å². The summed E-state index contributed by atoms with van der Waals surface area (Å²) in [4.78, 5) is 2.33. The van der Waals surface area contributed by atoms with Crippen LogP contribution in [0.3, 0.4) is 0 Å². The summed E-state index contributed by atoms with van der Waals surface area (Å²) in [5.74, 6) is 1.55. The summed E-state index contributed by atoms with van der Waals surface area (Å²) < 4.78 is 6.00. The molecule has 0 amide bonds. The lowest BCUT2D eigenvalue weighted by Gasteiger charge is -2.45. The molecule has 2 heterocycles. The molecule has 0 radical (unpaired) electrons. The van der Waals surface area contributed by atoms with Crippen LogP contribution in [0.15, 0.2) is 36.4 Å². The SMILES string of the molecule is CN1CCC2(CC1)c1cccc(O)c1Oc1cccc(Cl)c12. The maximum atomic E-state index is 10.2. The number of hydrogen-bond acceptors (Lipinski definition) is 3. The average molecular weight is 316 g/mol. The van der Waals surface area contributed by atoms with E-state index in [4.69, 9.17) is 16.3 Å². The summed E-state index contributed by atoms with van der Waals surface area (Å²) in [5.41, 5.74) is 1.95. The first-order chi connectivity index (χ1) is 10.6. The van der Waals surface area contributed by atoms with Crippen LogP contribution in [0, 0.1) is 0 Å². The number of para-hydroxylation sites is 1. The number of piperidine rings is 1. The molecule has 0 saturated carbocycles. The van der Waals surface area contributed by atoms with Crippen molar-refractivity contribution in [3.05, 3.63) is 52.5 Å². The molecule has 4 rings (SSSR count). The first kappa shape index (κ1) is 13.9. The van der Waals surface area contributed by atoms with Crippen LogP contribution in [0.25, 0.3) is 0 Å². The summed E-state index contributed by atoms with van der Waals surface area (Å²) in [7, 11) is 2.14. The average Bonchev–Trinajstić information content (AvgIpc) is 2.51. The van der Waals surface area contributed by atoms with E-state index in [9.17, 15) is 5.11 Å². The molecule has 2 aliphatic rings. The van der Waals surface area contributed by atoms with Crippen LogP contribution in [0.4, 0.5) is 0 Å². The van der Waals surface area contributed by atoms with Crippen molar-refractivity contribution in [3.63, 3.8) is 0 Å². The summed E-state index contributed by atoms with van der Waals surface area (Å²) in [6.07, 6.45) is 1.94. The smallest absolute Gasteiger partial charge is 0.173 e. The molecule has 0 bridgehead atoms. The Bertz CT molecular complexity index is 736. The van der Waals surface area contributed by atoms with Crippen LogP contribution in [-0.4, -0.2) is 30.1 Å². The van der Waals surface area contributed by atoms with Gasteiger partial charge in [-0.15, -0.1) is 0 Å². The molecule has 2 aromatic rings. The second kappa shape index (κ2) is 4.90. The number of phenolic OH excluding ortho intramolecular Hbond substituents is 1. The third-order valence-corrected chi connectivity index (χ3v) is 5.33. The second-order valence-corrected chi connectivity index (χ2v) is 6.66. The van der Waals surface area contributed by atoms with Crippen LogP contribution in [0.1, 0.15) is 24.0 Å². The lowest BCUT2D eigenvalue weighted by molar-refractivity contribution is 0.201. The lowest BCUT2D eigenvalue weighted by atomic mass is 9.66. The van der Waals surface area contributed by atoms with E-state index in [0.29, 0.717) is 5.75 Å². The van der Waals surface area contributed by atoms with E-state index < -0.39 is 0 Å². The fourth-order valence-electron chi connectivity index (χ4n) is 3.83. The molecular formula is C18H18ClNO2. The molecule has 2 aliphatic heterocycles. The molecule has 4 heteroatoms. The van der Waals surface area contributed by atoms with Crippen molar-refractivity contribution in [3.8, 4) is 17.2 Å². The van der Waals surface area contributed by atoms with Crippen LogP contribution >= 0.6 is 11.6 Å². The largest absolute Gasteiger partial charge is 0.504 e. The Labute approximate surface area is 135 Å². The molecule has 0 atom stereocenters. The Morgan fingerprint density at radius 2 is 1.86 bits per heavy atom. The van der Waals surface area contributed by atoms with Gasteiger partial charge in [0.1, 0.15) is 5.75 Å². The van der Waals surface area contributed by atoms with Crippen molar-refractivity contribution >= 4 is 11.6 Å². The zero-order chi connectivity index (χ0) is 15.3. The second-order valence-electron chi connectivity index (χ2n) is 6.25. The number of benzene rings is 2. The predicted octanol–water partition coefficient (Wildman–Crippen LogP) is 4.16. The van der Waals surface area contributed by atoms with Gasteiger partial charge in [0.25, 0.3) is 0 Å². The lowest BCUT2D eigenvalue weighted by Crippen LogP contribution is -2.43. The Morgan fingerprint density at radius 1 is 1.14 bits per heavy atom. The van der Waals surface area contributed by atoms with Gasteiger partial charge in [-0.25, -0.2) is 0 Å². The molecule has 0 unspecified atom stereocenters. The van der Waals surface area contributed by atoms with Crippen molar-refractivity contribution < 1.29 is 9.84 Å². The van der Waals surface area contributed by atoms with E-state index in [-0.39, 0.29) is 11.2 Å². The minimum atomic E-state index is -0.174. The summed E-state index contributed by atoms with van der Waals surface area (Å²) >= 11 is 6.55. The van der Waals surface area contributed by atoms with Crippen molar-refractivity contribution in [2.75, 3.05) is 20.1 Å². The first-order valence-electron chi connectivity index (χ1n) is 7.60.